The molecule has 18 heavy (non-hydrogen) atoms. The average molecular weight is 272 g/mol. The summed E-state index contributed by atoms with van der Waals surface area (Å²) >= 11 is 1.45. The second-order valence-corrected chi connectivity index (χ2v) is 5.05. The smallest absolute Gasteiger partial charge is 0.358 e. The zero-order valence-corrected chi connectivity index (χ0v) is 12.1. The summed E-state index contributed by atoms with van der Waals surface area (Å²) in [6.07, 6.45) is 0. The molecule has 0 aromatic carbocycles. The molecule has 1 N–H and O–H groups in total. The van der Waals surface area contributed by atoms with Crippen LogP contribution < -0.4 is 5.32 Å². The van der Waals surface area contributed by atoms with Crippen LogP contribution in [-0.2, 0) is 9.47 Å². The Labute approximate surface area is 112 Å². The Morgan fingerprint density at radius 1 is 1.44 bits per heavy atom. The molecule has 0 aliphatic carbocycles. The van der Waals surface area contributed by atoms with E-state index >= 15 is 0 Å². The number of carbonyl (C=O) groups is 1. The molecule has 1 aromatic heterocycles. The van der Waals surface area contributed by atoms with Crippen LogP contribution in [0.2, 0.25) is 0 Å². The molecule has 1 aromatic rings. The average Bonchev–Trinajstić information content (AvgIpc) is 2.68. The highest BCUT2D eigenvalue weighted by Gasteiger charge is 2.17. The van der Waals surface area contributed by atoms with Gasteiger partial charge in [0.1, 0.15) is 0 Å². The van der Waals surface area contributed by atoms with Gasteiger partial charge in [0.25, 0.3) is 0 Å². The zero-order valence-electron chi connectivity index (χ0n) is 11.3. The van der Waals surface area contributed by atoms with Gasteiger partial charge in [0.05, 0.1) is 13.2 Å². The van der Waals surface area contributed by atoms with Crippen LogP contribution in [0.5, 0.6) is 0 Å². The van der Waals surface area contributed by atoms with Crippen LogP contribution in [0.15, 0.2) is 0 Å². The fourth-order valence-electron chi connectivity index (χ4n) is 1.39. The highest BCUT2D eigenvalue weighted by molar-refractivity contribution is 7.15. The van der Waals surface area contributed by atoms with Crippen molar-refractivity contribution in [3.8, 4) is 0 Å². The Hall–Kier alpha value is -1.14. The summed E-state index contributed by atoms with van der Waals surface area (Å²) in [6, 6.07) is 0.158. The van der Waals surface area contributed by atoms with Crippen LogP contribution in [0.25, 0.3) is 0 Å². The van der Waals surface area contributed by atoms with Crippen LogP contribution in [0.4, 0.5) is 5.13 Å². The Bertz CT molecular complexity index is 393. The summed E-state index contributed by atoms with van der Waals surface area (Å²) in [5.74, 6) is -0.364. The number of carbonyl (C=O) groups excluding carboxylic acids is 1. The quantitative estimate of drug-likeness (QED) is 0.773. The summed E-state index contributed by atoms with van der Waals surface area (Å²) in [5.41, 5.74) is 0.396. The van der Waals surface area contributed by atoms with Crippen LogP contribution >= 0.6 is 11.3 Å². The first-order valence-electron chi connectivity index (χ1n) is 6.07. The summed E-state index contributed by atoms with van der Waals surface area (Å²) < 4.78 is 10.3. The Balaban J connectivity index is 2.63. The summed E-state index contributed by atoms with van der Waals surface area (Å²) in [6.45, 7) is 9.28. The van der Waals surface area contributed by atoms with E-state index in [2.05, 4.69) is 10.3 Å². The molecule has 0 saturated heterocycles. The number of nitrogens with one attached hydrogen (secondary N) is 1. The Morgan fingerprint density at radius 2 is 2.17 bits per heavy atom. The van der Waals surface area contributed by atoms with Crippen molar-refractivity contribution in [2.75, 3.05) is 25.1 Å². The molecule has 0 fully saturated rings. The van der Waals surface area contributed by atoms with E-state index in [4.69, 9.17) is 9.47 Å². The molecule has 1 heterocycles. The second kappa shape index (κ2) is 7.33. The van der Waals surface area contributed by atoms with E-state index in [1.54, 1.807) is 6.92 Å². The molecule has 0 bridgehead atoms. The molecule has 0 spiro atoms. The number of thiazole rings is 1. The molecule has 1 rings (SSSR count). The van der Waals surface area contributed by atoms with Gasteiger partial charge in [-0.25, -0.2) is 9.78 Å². The Morgan fingerprint density at radius 3 is 2.78 bits per heavy atom. The third kappa shape index (κ3) is 4.27. The van der Waals surface area contributed by atoms with Gasteiger partial charge in [-0.05, 0) is 27.7 Å². The van der Waals surface area contributed by atoms with Crippen molar-refractivity contribution < 1.29 is 14.3 Å². The maximum atomic E-state index is 11.6. The minimum atomic E-state index is -0.364. The lowest BCUT2D eigenvalue weighted by atomic mass is 10.4. The van der Waals surface area contributed by atoms with E-state index in [1.165, 1.54) is 11.3 Å². The largest absolute Gasteiger partial charge is 0.461 e. The van der Waals surface area contributed by atoms with E-state index in [9.17, 15) is 4.79 Å². The van der Waals surface area contributed by atoms with E-state index in [1.807, 2.05) is 20.8 Å². The minimum Gasteiger partial charge on any atom is -0.461 e. The third-order valence-electron chi connectivity index (χ3n) is 2.21. The first kappa shape index (κ1) is 14.9. The molecule has 5 nitrogen and oxygen atoms in total. The predicted molar refractivity (Wildman–Crippen MR) is 72.4 cm³/mol. The maximum Gasteiger partial charge on any atom is 0.358 e. The number of aromatic nitrogens is 1. The monoisotopic (exact) mass is 272 g/mol. The number of hydrogen-bond acceptors (Lipinski definition) is 6. The summed E-state index contributed by atoms with van der Waals surface area (Å²) in [5, 5.41) is 3.93. The van der Waals surface area contributed by atoms with Crippen LogP contribution in [0.1, 0.15) is 36.1 Å². The highest BCUT2D eigenvalue weighted by Crippen LogP contribution is 2.23. The molecule has 0 saturated carbocycles. The SMILES string of the molecule is CCOCC(C)Nc1nc(C(=O)OCC)c(C)s1. The maximum absolute atomic E-state index is 11.6. The standard InChI is InChI=1S/C12H20N2O3S/c1-5-16-7-8(3)13-12-14-10(9(4)18-12)11(15)17-6-2/h8H,5-7H2,1-4H3,(H,13,14). The van der Waals surface area contributed by atoms with Crippen LogP contribution in [0.3, 0.4) is 0 Å². The fourth-order valence-corrected chi connectivity index (χ4v) is 2.31. The van der Waals surface area contributed by atoms with E-state index < -0.39 is 0 Å². The number of anilines is 1. The molecular weight excluding hydrogens is 252 g/mol. The van der Waals surface area contributed by atoms with E-state index in [-0.39, 0.29) is 12.0 Å². The second-order valence-electron chi connectivity index (χ2n) is 3.85. The van der Waals surface area contributed by atoms with Crippen molar-refractivity contribution in [3.63, 3.8) is 0 Å². The van der Waals surface area contributed by atoms with E-state index in [0.29, 0.717) is 25.5 Å². The van der Waals surface area contributed by atoms with Crippen molar-refractivity contribution in [2.45, 2.75) is 33.7 Å². The van der Waals surface area contributed by atoms with E-state index in [0.717, 1.165) is 10.0 Å². The molecule has 1 unspecified atom stereocenters. The number of esters is 1. The first-order chi connectivity index (χ1) is 8.58. The normalized spacial score (nSPS) is 12.2. The summed E-state index contributed by atoms with van der Waals surface area (Å²) in [7, 11) is 0. The van der Waals surface area contributed by atoms with Gasteiger partial charge < -0.3 is 14.8 Å². The van der Waals surface area contributed by atoms with Gasteiger partial charge in [0.15, 0.2) is 10.8 Å². The lowest BCUT2D eigenvalue weighted by Gasteiger charge is -2.11. The van der Waals surface area contributed by atoms with Gasteiger partial charge in [-0.15, -0.1) is 11.3 Å². The zero-order chi connectivity index (χ0) is 13.5. The predicted octanol–water partition coefficient (Wildman–Crippen LogP) is 2.47. The number of nitrogens with zero attached hydrogens (tertiary/aromatic N) is 1. The van der Waals surface area contributed by atoms with Crippen LogP contribution in [-0.4, -0.2) is 36.8 Å². The van der Waals surface area contributed by atoms with Gasteiger partial charge in [0, 0.05) is 17.5 Å². The Kier molecular flexibility index (Phi) is 6.07. The van der Waals surface area contributed by atoms with Gasteiger partial charge in [-0.3, -0.25) is 0 Å². The van der Waals surface area contributed by atoms with Gasteiger partial charge in [-0.1, -0.05) is 0 Å². The number of ether oxygens (including phenoxy) is 2. The number of hydrogen-bond donors (Lipinski definition) is 1. The topological polar surface area (TPSA) is 60.5 Å². The molecule has 0 amide bonds. The van der Waals surface area contributed by atoms with Crippen molar-refractivity contribution in [3.05, 3.63) is 10.6 Å². The molecule has 0 aliphatic heterocycles. The number of aryl methyl sites for hydroxylation is 1. The molecule has 1 atom stereocenters. The van der Waals surface area contributed by atoms with Gasteiger partial charge in [0.2, 0.25) is 0 Å². The van der Waals surface area contributed by atoms with Crippen LogP contribution in [0, 0.1) is 6.92 Å². The molecule has 102 valence electrons. The molecular formula is C12H20N2O3S. The van der Waals surface area contributed by atoms with Gasteiger partial charge >= 0.3 is 5.97 Å². The lowest BCUT2D eigenvalue weighted by molar-refractivity contribution is 0.0519. The fraction of sp³-hybridized carbons (Fsp3) is 0.667. The highest BCUT2D eigenvalue weighted by atomic mass is 32.1. The van der Waals surface area contributed by atoms with Crippen molar-refractivity contribution in [1.82, 2.24) is 4.98 Å². The lowest BCUT2D eigenvalue weighted by Crippen LogP contribution is -2.21. The van der Waals surface area contributed by atoms with Crippen molar-refractivity contribution in [1.29, 1.82) is 0 Å². The number of rotatable bonds is 7. The molecule has 0 aliphatic rings. The summed E-state index contributed by atoms with van der Waals surface area (Å²) in [4.78, 5) is 16.7. The van der Waals surface area contributed by atoms with Crippen molar-refractivity contribution >= 4 is 22.4 Å². The minimum absolute atomic E-state index is 0.158. The molecule has 6 heteroatoms. The molecule has 0 radical (unpaired) electrons. The first-order valence-corrected chi connectivity index (χ1v) is 6.88. The van der Waals surface area contributed by atoms with Crippen molar-refractivity contribution in [2.24, 2.45) is 0 Å². The third-order valence-corrected chi connectivity index (χ3v) is 3.11. The van der Waals surface area contributed by atoms with Gasteiger partial charge in [-0.2, -0.15) is 0 Å².